The number of benzene rings is 1. The number of ether oxygens (including phenoxy) is 1. The van der Waals surface area contributed by atoms with E-state index >= 15 is 0 Å². The van der Waals surface area contributed by atoms with Gasteiger partial charge in [0.2, 0.25) is 5.28 Å². The summed E-state index contributed by atoms with van der Waals surface area (Å²) in [5.74, 6) is 2.67. The fraction of sp³-hybridized carbons (Fsp3) is 0.333. The van der Waals surface area contributed by atoms with Crippen LogP contribution in [0.15, 0.2) is 47.2 Å². The fourth-order valence-electron chi connectivity index (χ4n) is 4.95. The van der Waals surface area contributed by atoms with E-state index in [2.05, 4.69) is 42.5 Å². The summed E-state index contributed by atoms with van der Waals surface area (Å²) in [6.45, 7) is 7.46. The number of urea groups is 1. The molecule has 2 aliphatic heterocycles. The zero-order valence-electron chi connectivity index (χ0n) is 22.1. The molecule has 0 saturated carbocycles. The molecule has 6 rings (SSSR count). The number of halogens is 1. The average Bonchev–Trinajstić information content (AvgIpc) is 3.45. The largest absolute Gasteiger partial charge is 0.377 e. The van der Waals surface area contributed by atoms with Gasteiger partial charge in [-0.25, -0.2) is 24.7 Å². The van der Waals surface area contributed by atoms with Crippen LogP contribution in [-0.2, 0) is 17.7 Å². The van der Waals surface area contributed by atoms with Crippen LogP contribution in [0.1, 0.15) is 23.9 Å². The van der Waals surface area contributed by atoms with Crippen molar-refractivity contribution in [2.75, 3.05) is 46.7 Å². The van der Waals surface area contributed by atoms with Gasteiger partial charge < -0.3 is 24.4 Å². The fourth-order valence-corrected chi connectivity index (χ4v) is 5.17. The third kappa shape index (κ3) is 5.54. The number of carbonyl (C=O) groups excluding carboxylic acids is 1. The lowest BCUT2D eigenvalue weighted by molar-refractivity contribution is 0.0984. The topological polar surface area (TPSA) is 134 Å². The zero-order chi connectivity index (χ0) is 27.6. The number of amides is 2. The Hall–Kier alpha value is -4.29. The quantitative estimate of drug-likeness (QED) is 0.339. The Morgan fingerprint density at radius 1 is 1.07 bits per heavy atom. The summed E-state index contributed by atoms with van der Waals surface area (Å²) in [5.41, 5.74) is 4.37. The molecule has 0 radical (unpaired) electrons. The highest BCUT2D eigenvalue weighted by atomic mass is 35.5. The highest BCUT2D eigenvalue weighted by Crippen LogP contribution is 2.33. The Morgan fingerprint density at radius 3 is 2.67 bits per heavy atom. The summed E-state index contributed by atoms with van der Waals surface area (Å²) in [5, 5.41) is 9.30. The second-order valence-electron chi connectivity index (χ2n) is 9.76. The van der Waals surface area contributed by atoms with Crippen molar-refractivity contribution in [1.29, 1.82) is 0 Å². The second-order valence-corrected chi connectivity index (χ2v) is 10.1. The van der Waals surface area contributed by atoms with Crippen molar-refractivity contribution < 1.29 is 14.1 Å². The van der Waals surface area contributed by atoms with Crippen LogP contribution in [-0.4, -0.2) is 63.5 Å². The number of nitrogens with one attached hydrogen (secondary N) is 2. The number of rotatable bonds is 5. The molecule has 2 aliphatic rings. The zero-order valence-corrected chi connectivity index (χ0v) is 22.9. The van der Waals surface area contributed by atoms with Gasteiger partial charge in [0.1, 0.15) is 17.9 Å². The molecule has 0 spiro atoms. The van der Waals surface area contributed by atoms with Gasteiger partial charge in [-0.3, -0.25) is 5.32 Å². The molecular formula is C27H28ClN9O3. The summed E-state index contributed by atoms with van der Waals surface area (Å²) in [6, 6.07) is 10.7. The van der Waals surface area contributed by atoms with E-state index in [4.69, 9.17) is 30.8 Å². The number of anilines is 4. The maximum Gasteiger partial charge on any atom is 0.324 e. The van der Waals surface area contributed by atoms with E-state index in [1.54, 1.807) is 6.07 Å². The molecule has 0 aliphatic carbocycles. The highest BCUT2D eigenvalue weighted by Gasteiger charge is 2.29. The van der Waals surface area contributed by atoms with Crippen LogP contribution in [0.25, 0.3) is 11.4 Å². The van der Waals surface area contributed by atoms with E-state index in [9.17, 15) is 4.79 Å². The Labute approximate surface area is 235 Å². The first-order valence-electron chi connectivity index (χ1n) is 13.0. The van der Waals surface area contributed by atoms with Crippen LogP contribution in [0.5, 0.6) is 0 Å². The number of aromatic nitrogens is 5. The van der Waals surface area contributed by atoms with Gasteiger partial charge in [-0.15, -0.1) is 0 Å². The van der Waals surface area contributed by atoms with Gasteiger partial charge in [0.05, 0.1) is 31.5 Å². The molecule has 2 amide bonds. The second kappa shape index (κ2) is 11.1. The number of carbonyl (C=O) groups is 1. The molecule has 1 unspecified atom stereocenters. The van der Waals surface area contributed by atoms with Crippen molar-refractivity contribution >= 4 is 40.8 Å². The summed E-state index contributed by atoms with van der Waals surface area (Å²) < 4.78 is 10.4. The molecular weight excluding hydrogens is 534 g/mol. The number of fused-ring (bicyclic) bond motifs is 1. The van der Waals surface area contributed by atoms with Crippen LogP contribution >= 0.6 is 11.6 Å². The van der Waals surface area contributed by atoms with E-state index in [1.165, 1.54) is 6.26 Å². The van der Waals surface area contributed by atoms with E-state index < -0.39 is 6.03 Å². The monoisotopic (exact) mass is 561 g/mol. The first kappa shape index (κ1) is 26.0. The standard InChI is InChI=1S/C27H28ClN9O3/c1-16-13-23(33-26(28)29-16)36-9-7-20-21(14-36)31-24(34-25(20)37-10-12-39-15-17(37)2)18-3-5-19(6-4-18)30-27(38)32-22-8-11-40-35-22/h3-6,8,11,13,17H,7,9-10,12,14-15H2,1-2H3,(H2,30,32,35,38). The lowest BCUT2D eigenvalue weighted by Crippen LogP contribution is -2.45. The van der Waals surface area contributed by atoms with Gasteiger partial charge in [-0.2, -0.15) is 0 Å². The molecule has 1 atom stereocenters. The van der Waals surface area contributed by atoms with Crippen molar-refractivity contribution in [3.05, 3.63) is 64.9 Å². The Balaban J connectivity index is 1.30. The SMILES string of the molecule is Cc1cc(N2CCc3c(nc(-c4ccc(NC(=O)Nc5ccon5)cc4)nc3N3CCOCC3C)C2)nc(Cl)n1. The summed E-state index contributed by atoms with van der Waals surface area (Å²) >= 11 is 6.17. The maximum atomic E-state index is 12.3. The molecule has 1 aromatic carbocycles. The van der Waals surface area contributed by atoms with Crippen molar-refractivity contribution in [2.24, 2.45) is 0 Å². The number of aryl methyl sites for hydroxylation is 1. The molecule has 1 saturated heterocycles. The summed E-state index contributed by atoms with van der Waals surface area (Å²) in [4.78, 5) is 35.5. The lowest BCUT2D eigenvalue weighted by atomic mass is 10.0. The third-order valence-electron chi connectivity index (χ3n) is 6.90. The maximum absolute atomic E-state index is 12.3. The smallest absolute Gasteiger partial charge is 0.324 e. The minimum Gasteiger partial charge on any atom is -0.377 e. The van der Waals surface area contributed by atoms with Gasteiger partial charge in [0, 0.05) is 47.7 Å². The minimum absolute atomic E-state index is 0.191. The molecule has 12 nitrogen and oxygen atoms in total. The first-order chi connectivity index (χ1) is 19.4. The van der Waals surface area contributed by atoms with Gasteiger partial charge >= 0.3 is 6.03 Å². The first-order valence-corrected chi connectivity index (χ1v) is 13.4. The Bertz CT molecular complexity index is 1490. The molecule has 0 bridgehead atoms. The Kier molecular flexibility index (Phi) is 7.18. The van der Waals surface area contributed by atoms with Crippen LogP contribution in [0.3, 0.4) is 0 Å². The molecule has 2 N–H and O–H groups in total. The van der Waals surface area contributed by atoms with Gasteiger partial charge in [0.25, 0.3) is 0 Å². The van der Waals surface area contributed by atoms with E-state index in [1.807, 2.05) is 37.3 Å². The predicted molar refractivity (Wildman–Crippen MR) is 151 cm³/mol. The molecule has 13 heteroatoms. The van der Waals surface area contributed by atoms with Crippen molar-refractivity contribution in [3.63, 3.8) is 0 Å². The molecule has 3 aromatic heterocycles. The number of nitrogens with zero attached hydrogens (tertiary/aromatic N) is 7. The Morgan fingerprint density at radius 2 is 1.93 bits per heavy atom. The summed E-state index contributed by atoms with van der Waals surface area (Å²) in [7, 11) is 0. The summed E-state index contributed by atoms with van der Waals surface area (Å²) in [6.07, 6.45) is 2.16. The van der Waals surface area contributed by atoms with E-state index in [0.29, 0.717) is 37.1 Å². The van der Waals surface area contributed by atoms with Crippen molar-refractivity contribution in [2.45, 2.75) is 32.9 Å². The molecule has 206 valence electrons. The molecule has 1 fully saturated rings. The minimum atomic E-state index is -0.421. The number of hydrogen-bond donors (Lipinski definition) is 2. The van der Waals surface area contributed by atoms with Crippen molar-refractivity contribution in [3.8, 4) is 11.4 Å². The third-order valence-corrected chi connectivity index (χ3v) is 7.07. The lowest BCUT2D eigenvalue weighted by Gasteiger charge is -2.38. The number of morpholine rings is 1. The van der Waals surface area contributed by atoms with Gasteiger partial charge in [0.15, 0.2) is 11.6 Å². The van der Waals surface area contributed by atoms with Crippen LogP contribution in [0.4, 0.5) is 27.9 Å². The molecule has 40 heavy (non-hydrogen) atoms. The van der Waals surface area contributed by atoms with E-state index in [-0.39, 0.29) is 11.3 Å². The number of hydrogen-bond acceptors (Lipinski definition) is 10. The van der Waals surface area contributed by atoms with Crippen LogP contribution in [0.2, 0.25) is 5.28 Å². The average molecular weight is 562 g/mol. The molecule has 4 aromatic rings. The van der Waals surface area contributed by atoms with Gasteiger partial charge in [-0.1, -0.05) is 5.16 Å². The van der Waals surface area contributed by atoms with E-state index in [0.717, 1.165) is 53.7 Å². The normalized spacial score (nSPS) is 16.9. The van der Waals surface area contributed by atoms with Crippen molar-refractivity contribution in [1.82, 2.24) is 25.1 Å². The molecule has 5 heterocycles. The van der Waals surface area contributed by atoms with Crippen LogP contribution < -0.4 is 20.4 Å². The predicted octanol–water partition coefficient (Wildman–Crippen LogP) is 4.32. The van der Waals surface area contributed by atoms with Crippen LogP contribution in [0, 0.1) is 6.92 Å². The highest BCUT2D eigenvalue weighted by molar-refractivity contribution is 6.28. The van der Waals surface area contributed by atoms with Gasteiger partial charge in [-0.05, 0) is 56.1 Å².